The molecular weight excluding hydrogens is 400 g/mol. The summed E-state index contributed by atoms with van der Waals surface area (Å²) in [6, 6.07) is 6.16. The molecule has 0 saturated carbocycles. The largest absolute Gasteiger partial charge is 0.337 e. The average Bonchev–Trinajstić information content (AvgIpc) is 3.04. The van der Waals surface area contributed by atoms with Gasteiger partial charge in [-0.2, -0.15) is 4.31 Å². The second kappa shape index (κ2) is 8.51. The SMILES string of the molecule is Cc1ccc(C)c(N(C(=O)C2CCN(S(=O)(=O)c3cn(C)c(C)n3)CC2)C(C)C)c1. The molecule has 1 aliphatic rings. The number of piperidine rings is 1. The second-order valence-corrected chi connectivity index (χ2v) is 10.4. The number of anilines is 1. The van der Waals surface area contributed by atoms with Crippen molar-refractivity contribution in [1.29, 1.82) is 0 Å². The van der Waals surface area contributed by atoms with Crippen LogP contribution in [0.1, 0.15) is 43.6 Å². The average molecular weight is 433 g/mol. The number of imidazole rings is 1. The van der Waals surface area contributed by atoms with Crippen molar-refractivity contribution in [1.82, 2.24) is 13.9 Å². The fraction of sp³-hybridized carbons (Fsp3) is 0.545. The number of carbonyl (C=O) groups excluding carboxylic acids is 1. The molecule has 1 fully saturated rings. The van der Waals surface area contributed by atoms with Gasteiger partial charge in [0.2, 0.25) is 5.91 Å². The number of nitrogens with zero attached hydrogens (tertiary/aromatic N) is 4. The fourth-order valence-corrected chi connectivity index (χ4v) is 5.45. The molecule has 1 aliphatic heterocycles. The van der Waals surface area contributed by atoms with Crippen LogP contribution in [-0.2, 0) is 21.9 Å². The standard InChI is InChI=1S/C22H32N4O3S/c1-15(2)26(20-13-16(3)7-8-17(20)4)22(27)19-9-11-25(12-10-19)30(28,29)21-14-24(6)18(5)23-21/h7-8,13-15,19H,9-12H2,1-6H3. The molecule has 164 valence electrons. The highest BCUT2D eigenvalue weighted by Gasteiger charge is 2.36. The Balaban J connectivity index is 1.76. The minimum atomic E-state index is -3.64. The van der Waals surface area contributed by atoms with Gasteiger partial charge in [0.15, 0.2) is 5.03 Å². The van der Waals surface area contributed by atoms with Crippen LogP contribution in [0.25, 0.3) is 0 Å². The van der Waals surface area contributed by atoms with Gasteiger partial charge >= 0.3 is 0 Å². The van der Waals surface area contributed by atoms with Gasteiger partial charge < -0.3 is 9.47 Å². The van der Waals surface area contributed by atoms with Crippen LogP contribution in [0.2, 0.25) is 0 Å². The Labute approximate surface area is 179 Å². The Morgan fingerprint density at radius 3 is 2.33 bits per heavy atom. The number of hydrogen-bond donors (Lipinski definition) is 0. The summed E-state index contributed by atoms with van der Waals surface area (Å²) in [6.07, 6.45) is 2.57. The highest BCUT2D eigenvalue weighted by Crippen LogP contribution is 2.30. The molecule has 3 rings (SSSR count). The van der Waals surface area contributed by atoms with Crippen LogP contribution in [-0.4, -0.2) is 47.3 Å². The first kappa shape index (κ1) is 22.5. The molecule has 0 unspecified atom stereocenters. The minimum Gasteiger partial charge on any atom is -0.337 e. The molecule has 1 aromatic heterocycles. The van der Waals surface area contributed by atoms with E-state index in [0.29, 0.717) is 31.8 Å². The molecule has 0 atom stereocenters. The summed E-state index contributed by atoms with van der Waals surface area (Å²) < 4.78 is 29.0. The number of sulfonamides is 1. The molecule has 0 aliphatic carbocycles. The maximum absolute atomic E-state index is 13.4. The Kier molecular flexibility index (Phi) is 6.38. The van der Waals surface area contributed by atoms with Crippen LogP contribution in [0.4, 0.5) is 5.69 Å². The van der Waals surface area contributed by atoms with E-state index in [-0.39, 0.29) is 22.9 Å². The van der Waals surface area contributed by atoms with Gasteiger partial charge in [0, 0.05) is 44.0 Å². The third-order valence-electron chi connectivity index (χ3n) is 5.87. The van der Waals surface area contributed by atoms with E-state index in [0.717, 1.165) is 16.8 Å². The van der Waals surface area contributed by atoms with E-state index in [4.69, 9.17) is 0 Å². The first-order valence-corrected chi connectivity index (χ1v) is 11.9. The molecule has 2 heterocycles. The smallest absolute Gasteiger partial charge is 0.262 e. The summed E-state index contributed by atoms with van der Waals surface area (Å²) in [5.41, 5.74) is 3.11. The Morgan fingerprint density at radius 1 is 1.17 bits per heavy atom. The summed E-state index contributed by atoms with van der Waals surface area (Å²) in [5, 5.41) is 0.0754. The second-order valence-electron chi connectivity index (χ2n) is 8.51. The van der Waals surface area contributed by atoms with Crippen LogP contribution in [0.5, 0.6) is 0 Å². The van der Waals surface area contributed by atoms with E-state index in [1.54, 1.807) is 24.7 Å². The lowest BCUT2D eigenvalue weighted by Crippen LogP contribution is -2.46. The Morgan fingerprint density at radius 2 is 1.80 bits per heavy atom. The molecule has 0 N–H and O–H groups in total. The molecule has 7 nitrogen and oxygen atoms in total. The Hall–Kier alpha value is -2.19. The molecule has 30 heavy (non-hydrogen) atoms. The zero-order valence-corrected chi connectivity index (χ0v) is 19.5. The van der Waals surface area contributed by atoms with Crippen molar-refractivity contribution < 1.29 is 13.2 Å². The van der Waals surface area contributed by atoms with Gasteiger partial charge in [-0.1, -0.05) is 12.1 Å². The van der Waals surface area contributed by atoms with E-state index in [2.05, 4.69) is 11.1 Å². The minimum absolute atomic E-state index is 0.0243. The lowest BCUT2D eigenvalue weighted by Gasteiger charge is -2.35. The van der Waals surface area contributed by atoms with Crippen molar-refractivity contribution in [2.24, 2.45) is 13.0 Å². The van der Waals surface area contributed by atoms with Gasteiger partial charge in [0.05, 0.1) is 0 Å². The molecule has 0 bridgehead atoms. The zero-order chi connectivity index (χ0) is 22.2. The molecular formula is C22H32N4O3S. The summed E-state index contributed by atoms with van der Waals surface area (Å²) in [7, 11) is -1.86. The van der Waals surface area contributed by atoms with Gasteiger partial charge in [-0.15, -0.1) is 0 Å². The van der Waals surface area contributed by atoms with Crippen molar-refractivity contribution in [2.45, 2.75) is 58.5 Å². The molecule has 2 aromatic rings. The zero-order valence-electron chi connectivity index (χ0n) is 18.7. The molecule has 0 spiro atoms. The Bertz CT molecular complexity index is 1020. The molecule has 1 amide bonds. The number of benzene rings is 1. The van der Waals surface area contributed by atoms with Crippen molar-refractivity contribution in [2.75, 3.05) is 18.0 Å². The lowest BCUT2D eigenvalue weighted by atomic mass is 9.95. The third-order valence-corrected chi connectivity index (χ3v) is 7.64. The van der Waals surface area contributed by atoms with Gasteiger partial charge in [-0.25, -0.2) is 13.4 Å². The van der Waals surface area contributed by atoms with Crippen LogP contribution in [0, 0.1) is 26.7 Å². The maximum Gasteiger partial charge on any atom is 0.262 e. The van der Waals surface area contributed by atoms with Gasteiger partial charge in [0.1, 0.15) is 5.82 Å². The summed E-state index contributed by atoms with van der Waals surface area (Å²) in [4.78, 5) is 19.5. The van der Waals surface area contributed by atoms with Crippen molar-refractivity contribution >= 4 is 21.6 Å². The van der Waals surface area contributed by atoms with E-state index in [9.17, 15) is 13.2 Å². The van der Waals surface area contributed by atoms with E-state index < -0.39 is 10.0 Å². The van der Waals surface area contributed by atoms with Crippen molar-refractivity contribution in [3.63, 3.8) is 0 Å². The van der Waals surface area contributed by atoms with E-state index in [1.165, 1.54) is 4.31 Å². The normalized spacial score (nSPS) is 16.2. The van der Waals surface area contributed by atoms with E-state index in [1.807, 2.05) is 44.7 Å². The number of aromatic nitrogens is 2. The van der Waals surface area contributed by atoms with Crippen LogP contribution in [0.15, 0.2) is 29.4 Å². The van der Waals surface area contributed by atoms with E-state index >= 15 is 0 Å². The van der Waals surface area contributed by atoms with Gasteiger partial charge in [-0.05, 0) is 64.7 Å². The summed E-state index contributed by atoms with van der Waals surface area (Å²) in [5.74, 6) is 0.536. The number of amides is 1. The first-order valence-electron chi connectivity index (χ1n) is 10.4. The topological polar surface area (TPSA) is 75.5 Å². The number of hydrogen-bond acceptors (Lipinski definition) is 4. The third kappa shape index (κ3) is 4.30. The maximum atomic E-state index is 13.4. The monoisotopic (exact) mass is 432 g/mol. The summed E-state index contributed by atoms with van der Waals surface area (Å²) in [6.45, 7) is 10.5. The summed E-state index contributed by atoms with van der Waals surface area (Å²) >= 11 is 0. The quantitative estimate of drug-likeness (QED) is 0.727. The molecule has 8 heteroatoms. The number of rotatable bonds is 5. The lowest BCUT2D eigenvalue weighted by molar-refractivity contribution is -0.123. The van der Waals surface area contributed by atoms with Gasteiger partial charge in [-0.3, -0.25) is 4.79 Å². The molecule has 1 saturated heterocycles. The molecule has 1 aromatic carbocycles. The van der Waals surface area contributed by atoms with Crippen LogP contribution in [0.3, 0.4) is 0 Å². The van der Waals surface area contributed by atoms with Crippen LogP contribution < -0.4 is 4.90 Å². The first-order chi connectivity index (χ1) is 14.0. The number of carbonyl (C=O) groups is 1. The van der Waals surface area contributed by atoms with Crippen molar-refractivity contribution in [3.8, 4) is 0 Å². The molecule has 0 radical (unpaired) electrons. The fourth-order valence-electron chi connectivity index (χ4n) is 3.95. The predicted molar refractivity (Wildman–Crippen MR) is 118 cm³/mol. The number of aryl methyl sites for hydroxylation is 4. The predicted octanol–water partition coefficient (Wildman–Crippen LogP) is 3.19. The highest BCUT2D eigenvalue weighted by molar-refractivity contribution is 7.89. The van der Waals surface area contributed by atoms with Crippen molar-refractivity contribution in [3.05, 3.63) is 41.3 Å². The van der Waals surface area contributed by atoms with Gasteiger partial charge in [0.25, 0.3) is 10.0 Å². The van der Waals surface area contributed by atoms with Crippen LogP contribution >= 0.6 is 0 Å². The highest BCUT2D eigenvalue weighted by atomic mass is 32.2.